The maximum atomic E-state index is 13.0. The second-order valence-electron chi connectivity index (χ2n) is 6.17. The summed E-state index contributed by atoms with van der Waals surface area (Å²) in [7, 11) is 0. The van der Waals surface area contributed by atoms with Gasteiger partial charge in [0, 0.05) is 12.4 Å². The number of alkyl halides is 8. The van der Waals surface area contributed by atoms with E-state index in [9.17, 15) is 39.9 Å². The number of hydrogen-bond acceptors (Lipinski definition) is 3. The third-order valence-electron chi connectivity index (χ3n) is 4.04. The molecule has 0 bridgehead atoms. The second-order valence-corrected chi connectivity index (χ2v) is 6.17. The molecule has 2 heterocycles. The van der Waals surface area contributed by atoms with Crippen LogP contribution in [0.5, 0.6) is 0 Å². The van der Waals surface area contributed by atoms with Gasteiger partial charge in [-0.05, 0) is 38.1 Å². The molecule has 0 aliphatic carbocycles. The van der Waals surface area contributed by atoms with Crippen molar-refractivity contribution in [1.29, 1.82) is 0 Å². The molecule has 2 aromatic heterocycles. The Balaban J connectivity index is 2.27. The average molecular weight is 457 g/mol. The maximum absolute atomic E-state index is 13.0. The number of rotatable bonds is 7. The van der Waals surface area contributed by atoms with Crippen molar-refractivity contribution in [3.05, 3.63) is 53.7 Å². The molecule has 2 rings (SSSR count). The summed E-state index contributed by atoms with van der Waals surface area (Å²) in [6.07, 6.45) is -6.41. The van der Waals surface area contributed by atoms with Gasteiger partial charge < -0.3 is 9.14 Å². The van der Waals surface area contributed by atoms with E-state index in [1.54, 1.807) is 0 Å². The Morgan fingerprint density at radius 2 is 1.81 bits per heavy atom. The van der Waals surface area contributed by atoms with Crippen LogP contribution in [0.1, 0.15) is 18.2 Å². The van der Waals surface area contributed by atoms with E-state index >= 15 is 0 Å². The quantitative estimate of drug-likeness (QED) is 0.247. The van der Waals surface area contributed by atoms with Gasteiger partial charge in [-0.25, -0.2) is 4.98 Å². The maximum Gasteiger partial charge on any atom is 0.456 e. The Morgan fingerprint density at radius 3 is 2.32 bits per heavy atom. The summed E-state index contributed by atoms with van der Waals surface area (Å²) in [5.41, 5.74) is -0.715. The predicted molar refractivity (Wildman–Crippen MR) is 93.3 cm³/mol. The van der Waals surface area contributed by atoms with Gasteiger partial charge in [-0.2, -0.15) is 35.1 Å². The lowest BCUT2D eigenvalue weighted by atomic mass is 10.3. The van der Waals surface area contributed by atoms with Crippen molar-refractivity contribution in [2.75, 3.05) is 11.5 Å². The summed E-state index contributed by atoms with van der Waals surface area (Å²) < 4.78 is 107. The van der Waals surface area contributed by atoms with Crippen molar-refractivity contribution in [3.63, 3.8) is 0 Å². The number of anilines is 1. The lowest BCUT2D eigenvalue weighted by Crippen LogP contribution is -2.40. The van der Waals surface area contributed by atoms with Crippen molar-refractivity contribution in [2.24, 2.45) is 0 Å². The molecule has 170 valence electrons. The third-order valence-corrected chi connectivity index (χ3v) is 4.04. The van der Waals surface area contributed by atoms with Gasteiger partial charge in [-0.15, -0.1) is 0 Å². The number of halogens is 8. The van der Waals surface area contributed by atoms with E-state index in [2.05, 4.69) is 9.72 Å². The Morgan fingerprint density at radius 1 is 1.16 bits per heavy atom. The Labute approximate surface area is 170 Å². The van der Waals surface area contributed by atoms with E-state index in [4.69, 9.17) is 0 Å². The van der Waals surface area contributed by atoms with Crippen LogP contribution < -0.4 is 4.90 Å². The van der Waals surface area contributed by atoms with E-state index in [0.29, 0.717) is 0 Å². The van der Waals surface area contributed by atoms with Gasteiger partial charge in [-0.1, -0.05) is 0 Å². The zero-order chi connectivity index (χ0) is 23.6. The number of nitrogens with zero attached hydrogens (tertiary/aromatic N) is 3. The summed E-state index contributed by atoms with van der Waals surface area (Å²) in [5, 5.41) is 0. The molecule has 13 heteroatoms. The largest absolute Gasteiger partial charge is 0.487 e. The molecule has 5 nitrogen and oxygen atoms in total. The topological polar surface area (TPSA) is 46.8 Å². The van der Waals surface area contributed by atoms with Gasteiger partial charge in [0.1, 0.15) is 11.4 Å². The molecule has 0 saturated heterocycles. The van der Waals surface area contributed by atoms with Crippen LogP contribution in [0, 0.1) is 6.92 Å². The minimum absolute atomic E-state index is 0.0818. The number of carbonyl (C=O) groups is 1. The Hall–Kier alpha value is -3.12. The van der Waals surface area contributed by atoms with Crippen LogP contribution in [-0.4, -0.2) is 34.5 Å². The molecule has 0 atom stereocenters. The van der Waals surface area contributed by atoms with Gasteiger partial charge in [0.2, 0.25) is 6.41 Å². The number of amides is 1. The van der Waals surface area contributed by atoms with Crippen LogP contribution in [0.2, 0.25) is 0 Å². The zero-order valence-electron chi connectivity index (χ0n) is 15.9. The smallest absolute Gasteiger partial charge is 0.456 e. The minimum Gasteiger partial charge on any atom is -0.487 e. The average Bonchev–Trinajstić information content (AvgIpc) is 2.99. The molecule has 0 spiro atoms. The number of hydrogen-bond donors (Lipinski definition) is 0. The van der Waals surface area contributed by atoms with E-state index in [1.807, 2.05) is 0 Å². The predicted octanol–water partition coefficient (Wildman–Crippen LogP) is 5.26. The molecule has 0 saturated carbocycles. The number of carbonyl (C=O) groups excluding carboxylic acids is 1. The van der Waals surface area contributed by atoms with Crippen LogP contribution >= 0.6 is 0 Å². The van der Waals surface area contributed by atoms with E-state index in [-0.39, 0.29) is 23.6 Å². The van der Waals surface area contributed by atoms with E-state index < -0.39 is 36.2 Å². The molecule has 0 aliphatic heterocycles. The number of ether oxygens (including phenoxy) is 1. The molecule has 0 radical (unpaired) electrons. The number of fused-ring (bicyclic) bond motifs is 1. The summed E-state index contributed by atoms with van der Waals surface area (Å²) in [5.74, 6) is -5.58. The molecule has 31 heavy (non-hydrogen) atoms. The van der Waals surface area contributed by atoms with Gasteiger partial charge in [0.05, 0.1) is 11.3 Å². The van der Waals surface area contributed by atoms with Crippen LogP contribution in [-0.2, 0) is 15.7 Å². The number of aromatic nitrogens is 2. The molecule has 0 N–H and O–H groups in total. The minimum atomic E-state index is -5.80. The van der Waals surface area contributed by atoms with Crippen LogP contribution in [0.3, 0.4) is 0 Å². The highest BCUT2D eigenvalue weighted by atomic mass is 19.4. The Bertz CT molecular complexity index is 1010. The van der Waals surface area contributed by atoms with Crippen molar-refractivity contribution in [3.8, 4) is 0 Å². The molecular weight excluding hydrogens is 442 g/mol. The fraction of sp³-hybridized carbons (Fsp3) is 0.333. The van der Waals surface area contributed by atoms with Gasteiger partial charge >= 0.3 is 18.3 Å². The fourth-order valence-corrected chi connectivity index (χ4v) is 2.35. The lowest BCUT2D eigenvalue weighted by Gasteiger charge is -2.20. The van der Waals surface area contributed by atoms with Crippen molar-refractivity contribution in [2.45, 2.75) is 32.1 Å². The first-order chi connectivity index (χ1) is 14.2. The first kappa shape index (κ1) is 24.2. The molecule has 0 aliphatic rings. The fourth-order valence-electron chi connectivity index (χ4n) is 2.35. The van der Waals surface area contributed by atoms with Crippen LogP contribution in [0.25, 0.3) is 5.65 Å². The third kappa shape index (κ3) is 5.33. The number of aryl methyl sites for hydroxylation is 1. The molecule has 2 aromatic rings. The van der Waals surface area contributed by atoms with Crippen LogP contribution in [0.4, 0.5) is 40.9 Å². The monoisotopic (exact) mass is 457 g/mol. The standard InChI is InChI=1S/C18H15F8N3O2/c1-3-13(31-9-16(19,20)18(24,25)26)6-7-28(10-30)15-11(2)29-8-12(17(21,22)23)4-5-14(29)27-15/h3-8,10H,9H2,1-2H3/b7-6-,13-3+. The second kappa shape index (κ2) is 8.55. The van der Waals surface area contributed by atoms with Crippen molar-refractivity contribution >= 4 is 17.9 Å². The Kier molecular flexibility index (Phi) is 6.66. The molecular formula is C18H15F8N3O2. The van der Waals surface area contributed by atoms with Crippen molar-refractivity contribution < 1.29 is 44.7 Å². The molecule has 0 fully saturated rings. The van der Waals surface area contributed by atoms with Gasteiger partial charge in [0.15, 0.2) is 12.4 Å². The zero-order valence-corrected chi connectivity index (χ0v) is 15.9. The molecule has 0 aromatic carbocycles. The van der Waals surface area contributed by atoms with Gasteiger partial charge in [-0.3, -0.25) is 9.69 Å². The number of pyridine rings is 1. The van der Waals surface area contributed by atoms with E-state index in [1.165, 1.54) is 13.8 Å². The molecule has 1 amide bonds. The van der Waals surface area contributed by atoms with E-state index in [0.717, 1.165) is 46.0 Å². The SMILES string of the molecule is C/C=C(\C=C/N(C=O)c1nc2ccc(C(F)(F)F)cn2c1C)OCC(F)(F)C(F)(F)F. The highest BCUT2D eigenvalue weighted by Gasteiger charge is 2.58. The highest BCUT2D eigenvalue weighted by molar-refractivity contribution is 5.78. The van der Waals surface area contributed by atoms with Gasteiger partial charge in [0.25, 0.3) is 0 Å². The number of imidazole rings is 1. The summed E-state index contributed by atoms with van der Waals surface area (Å²) >= 11 is 0. The van der Waals surface area contributed by atoms with Crippen LogP contribution in [0.15, 0.2) is 42.4 Å². The summed E-state index contributed by atoms with van der Waals surface area (Å²) in [6.45, 7) is 0.706. The highest BCUT2D eigenvalue weighted by Crippen LogP contribution is 2.36. The first-order valence-corrected chi connectivity index (χ1v) is 8.42. The normalized spacial score (nSPS) is 13.8. The first-order valence-electron chi connectivity index (χ1n) is 8.42. The number of allylic oxidation sites excluding steroid dienone is 2. The van der Waals surface area contributed by atoms with Crippen molar-refractivity contribution in [1.82, 2.24) is 9.38 Å². The summed E-state index contributed by atoms with van der Waals surface area (Å²) in [6, 6.07) is 1.89. The summed E-state index contributed by atoms with van der Waals surface area (Å²) in [4.78, 5) is 16.3. The lowest BCUT2D eigenvalue weighted by molar-refractivity contribution is -0.293. The molecule has 0 unspecified atom stereocenters.